The molecule has 0 atom stereocenters. The third-order valence-corrected chi connectivity index (χ3v) is 3.99. The van der Waals surface area contributed by atoms with E-state index in [1.54, 1.807) is 24.3 Å². The molecule has 0 bridgehead atoms. The summed E-state index contributed by atoms with van der Waals surface area (Å²) in [6.45, 7) is 0. The lowest BCUT2D eigenvalue weighted by Crippen LogP contribution is -2.12. The summed E-state index contributed by atoms with van der Waals surface area (Å²) in [6, 6.07) is 6.60. The van der Waals surface area contributed by atoms with Crippen molar-refractivity contribution in [2.24, 2.45) is 0 Å². The summed E-state index contributed by atoms with van der Waals surface area (Å²) in [4.78, 5) is 0.231. The number of nitrogens with zero attached hydrogens (tertiary/aromatic N) is 1. The first-order valence-electron chi connectivity index (χ1n) is 4.35. The fraction of sp³-hybridized carbons (Fsp3) is 0. The van der Waals surface area contributed by atoms with Crippen molar-refractivity contribution < 1.29 is 8.42 Å². The number of H-pyrrole nitrogens is 1. The number of halogens is 1. The van der Waals surface area contributed by atoms with E-state index in [2.05, 4.69) is 37.5 Å². The molecule has 0 aliphatic carbocycles. The highest BCUT2D eigenvalue weighted by Gasteiger charge is 2.13. The van der Waals surface area contributed by atoms with Crippen LogP contribution in [-0.4, -0.2) is 18.6 Å². The van der Waals surface area contributed by atoms with Gasteiger partial charge in [0, 0.05) is 9.77 Å². The molecule has 0 spiro atoms. The summed E-state index contributed by atoms with van der Waals surface area (Å²) in [5.74, 6) is 0. The predicted molar refractivity (Wildman–Crippen MR) is 68.6 cm³/mol. The molecule has 0 unspecified atom stereocenters. The normalized spacial score (nSPS) is 11.3. The van der Waals surface area contributed by atoms with Crippen LogP contribution in [0.15, 0.2) is 41.6 Å². The molecule has 0 amide bonds. The monoisotopic (exact) mass is 349 g/mol. The van der Waals surface area contributed by atoms with Crippen molar-refractivity contribution in [3.8, 4) is 0 Å². The molecule has 0 saturated heterocycles. The van der Waals surface area contributed by atoms with E-state index in [1.165, 1.54) is 12.4 Å². The molecule has 1 aromatic carbocycles. The van der Waals surface area contributed by atoms with E-state index in [4.69, 9.17) is 0 Å². The topological polar surface area (TPSA) is 74.8 Å². The van der Waals surface area contributed by atoms with Crippen LogP contribution in [0.3, 0.4) is 0 Å². The van der Waals surface area contributed by atoms with Gasteiger partial charge in [0.2, 0.25) is 0 Å². The smallest absolute Gasteiger partial charge is 0.261 e. The van der Waals surface area contributed by atoms with Gasteiger partial charge in [-0.1, -0.05) is 0 Å². The highest BCUT2D eigenvalue weighted by molar-refractivity contribution is 14.1. The van der Waals surface area contributed by atoms with Gasteiger partial charge >= 0.3 is 0 Å². The lowest BCUT2D eigenvalue weighted by atomic mass is 10.4. The quantitative estimate of drug-likeness (QED) is 0.830. The van der Waals surface area contributed by atoms with Crippen LogP contribution in [0, 0.1) is 3.57 Å². The standard InChI is InChI=1S/C9H8IN3O2S/c10-7-1-3-9(4-2-7)16(14,15)13-8-5-11-12-6-8/h1-6,13H,(H,11,12). The number of nitrogens with one attached hydrogen (secondary N) is 2. The third kappa shape index (κ3) is 2.53. The van der Waals surface area contributed by atoms with Gasteiger partial charge in [-0.25, -0.2) is 8.42 Å². The van der Waals surface area contributed by atoms with Crippen molar-refractivity contribution >= 4 is 38.3 Å². The Kier molecular flexibility index (Phi) is 3.15. The molecule has 2 rings (SSSR count). The molecular formula is C9H8IN3O2S. The first-order valence-corrected chi connectivity index (χ1v) is 6.91. The number of benzene rings is 1. The van der Waals surface area contributed by atoms with Gasteiger partial charge in [-0.3, -0.25) is 9.82 Å². The molecule has 5 nitrogen and oxygen atoms in total. The van der Waals surface area contributed by atoms with Crippen molar-refractivity contribution in [1.82, 2.24) is 10.2 Å². The molecular weight excluding hydrogens is 341 g/mol. The van der Waals surface area contributed by atoms with Gasteiger partial charge in [0.25, 0.3) is 10.0 Å². The average Bonchev–Trinajstić information content (AvgIpc) is 2.70. The minimum absolute atomic E-state index is 0.231. The van der Waals surface area contributed by atoms with Gasteiger partial charge < -0.3 is 0 Å². The summed E-state index contributed by atoms with van der Waals surface area (Å²) >= 11 is 2.12. The molecule has 84 valence electrons. The Morgan fingerprint density at radius 2 is 1.94 bits per heavy atom. The minimum Gasteiger partial charge on any atom is -0.284 e. The molecule has 2 aromatic rings. The van der Waals surface area contributed by atoms with Crippen LogP contribution in [0.5, 0.6) is 0 Å². The predicted octanol–water partition coefficient (Wildman–Crippen LogP) is 1.82. The lowest BCUT2D eigenvalue weighted by Gasteiger charge is -2.05. The number of sulfonamides is 1. The van der Waals surface area contributed by atoms with Crippen LogP contribution in [0.1, 0.15) is 0 Å². The Morgan fingerprint density at radius 1 is 1.25 bits per heavy atom. The zero-order valence-corrected chi connectivity index (χ0v) is 11.0. The van der Waals surface area contributed by atoms with E-state index < -0.39 is 10.0 Å². The Hall–Kier alpha value is -1.09. The molecule has 0 aliphatic rings. The second-order valence-corrected chi connectivity index (χ2v) is 5.97. The van der Waals surface area contributed by atoms with Crippen LogP contribution in [0.25, 0.3) is 0 Å². The molecule has 1 aromatic heterocycles. The van der Waals surface area contributed by atoms with Crippen molar-refractivity contribution in [3.05, 3.63) is 40.2 Å². The molecule has 1 heterocycles. The summed E-state index contributed by atoms with van der Waals surface area (Å²) in [5, 5.41) is 6.20. The molecule has 2 N–H and O–H groups in total. The summed E-state index contributed by atoms with van der Waals surface area (Å²) in [7, 11) is -3.51. The zero-order valence-electron chi connectivity index (χ0n) is 8.01. The van der Waals surface area contributed by atoms with Gasteiger partial charge in [0.1, 0.15) is 0 Å². The van der Waals surface area contributed by atoms with Gasteiger partial charge in [-0.15, -0.1) is 0 Å². The van der Waals surface area contributed by atoms with Gasteiger partial charge in [0.15, 0.2) is 0 Å². The largest absolute Gasteiger partial charge is 0.284 e. The summed E-state index contributed by atoms with van der Waals surface area (Å²) < 4.78 is 27.1. The second kappa shape index (κ2) is 4.42. The maximum absolute atomic E-state index is 11.9. The first kappa shape index (κ1) is 11.4. The fourth-order valence-corrected chi connectivity index (χ4v) is 2.53. The van der Waals surface area contributed by atoms with Gasteiger partial charge in [-0.2, -0.15) is 5.10 Å². The van der Waals surface area contributed by atoms with E-state index in [1.807, 2.05) is 0 Å². The van der Waals surface area contributed by atoms with Crippen LogP contribution in [0.4, 0.5) is 5.69 Å². The number of rotatable bonds is 3. The maximum Gasteiger partial charge on any atom is 0.261 e. The van der Waals surface area contributed by atoms with Gasteiger partial charge in [-0.05, 0) is 46.9 Å². The van der Waals surface area contributed by atoms with Crippen molar-refractivity contribution in [2.75, 3.05) is 4.72 Å². The Balaban J connectivity index is 2.29. The minimum atomic E-state index is -3.51. The number of anilines is 1. The molecule has 0 fully saturated rings. The van der Waals surface area contributed by atoms with Crippen LogP contribution in [0.2, 0.25) is 0 Å². The molecule has 7 heteroatoms. The highest BCUT2D eigenvalue weighted by Crippen LogP contribution is 2.15. The summed E-state index contributed by atoms with van der Waals surface area (Å²) in [6.07, 6.45) is 2.88. The van der Waals surface area contributed by atoms with Crippen molar-refractivity contribution in [1.29, 1.82) is 0 Å². The van der Waals surface area contributed by atoms with Crippen LogP contribution in [-0.2, 0) is 10.0 Å². The van der Waals surface area contributed by atoms with E-state index in [0.29, 0.717) is 5.69 Å². The average molecular weight is 349 g/mol. The zero-order chi connectivity index (χ0) is 11.6. The number of aromatic amines is 1. The number of aromatic nitrogens is 2. The van der Waals surface area contributed by atoms with Crippen molar-refractivity contribution in [2.45, 2.75) is 4.90 Å². The number of hydrogen-bond acceptors (Lipinski definition) is 3. The van der Waals surface area contributed by atoms with Crippen LogP contribution >= 0.6 is 22.6 Å². The Bertz CT molecular complexity index is 563. The number of hydrogen-bond donors (Lipinski definition) is 2. The Morgan fingerprint density at radius 3 is 2.50 bits per heavy atom. The molecule has 0 radical (unpaired) electrons. The van der Waals surface area contributed by atoms with E-state index in [9.17, 15) is 8.42 Å². The van der Waals surface area contributed by atoms with Crippen LogP contribution < -0.4 is 4.72 Å². The first-order chi connectivity index (χ1) is 7.58. The Labute approximate surface area is 106 Å². The summed E-state index contributed by atoms with van der Waals surface area (Å²) in [5.41, 5.74) is 0.415. The van der Waals surface area contributed by atoms with E-state index >= 15 is 0 Å². The molecule has 0 aliphatic heterocycles. The SMILES string of the molecule is O=S(=O)(Nc1cn[nH]c1)c1ccc(I)cc1. The van der Waals surface area contributed by atoms with E-state index in [0.717, 1.165) is 3.57 Å². The second-order valence-electron chi connectivity index (χ2n) is 3.05. The molecule has 0 saturated carbocycles. The van der Waals surface area contributed by atoms with Crippen molar-refractivity contribution in [3.63, 3.8) is 0 Å². The van der Waals surface area contributed by atoms with E-state index in [-0.39, 0.29) is 4.90 Å². The maximum atomic E-state index is 11.9. The third-order valence-electron chi connectivity index (χ3n) is 1.87. The van der Waals surface area contributed by atoms with Gasteiger partial charge in [0.05, 0.1) is 16.8 Å². The molecule has 16 heavy (non-hydrogen) atoms. The fourth-order valence-electron chi connectivity index (χ4n) is 1.13. The lowest BCUT2D eigenvalue weighted by molar-refractivity contribution is 0.601. The highest BCUT2D eigenvalue weighted by atomic mass is 127.